The molecule has 0 amide bonds. The third-order valence-electron chi connectivity index (χ3n) is 6.47. The molecule has 1 aliphatic rings. The monoisotopic (exact) mass is 570 g/mol. The van der Waals surface area contributed by atoms with Gasteiger partial charge in [-0.2, -0.15) is 0 Å². The maximum absolute atomic E-state index is 12.8. The van der Waals surface area contributed by atoms with Crippen molar-refractivity contribution in [3.8, 4) is 5.75 Å². The molecule has 10 nitrogen and oxygen atoms in total. The number of esters is 3. The molecule has 0 radical (unpaired) electrons. The third-order valence-corrected chi connectivity index (χ3v) is 6.47. The Morgan fingerprint density at radius 2 is 1.34 bits per heavy atom. The Morgan fingerprint density at radius 1 is 0.780 bits per heavy atom. The molecule has 3 rings (SSSR count). The maximum Gasteiger partial charge on any atom is 0.339 e. The number of carboxylic acid groups (broad SMARTS) is 1. The zero-order valence-corrected chi connectivity index (χ0v) is 23.7. The minimum atomic E-state index is -1.12. The fourth-order valence-electron chi connectivity index (χ4n) is 4.54. The summed E-state index contributed by atoms with van der Waals surface area (Å²) in [6, 6.07) is 13.4. The predicted molar refractivity (Wildman–Crippen MR) is 147 cm³/mol. The molecule has 10 heteroatoms. The smallest absolute Gasteiger partial charge is 0.339 e. The van der Waals surface area contributed by atoms with Crippen LogP contribution in [0.1, 0.15) is 86.9 Å². The van der Waals surface area contributed by atoms with Crippen LogP contribution >= 0.6 is 0 Å². The molecule has 0 saturated carbocycles. The lowest BCUT2D eigenvalue weighted by molar-refractivity contribution is -0.229. The van der Waals surface area contributed by atoms with Crippen molar-refractivity contribution in [2.24, 2.45) is 0 Å². The molecule has 2 aromatic carbocycles. The van der Waals surface area contributed by atoms with E-state index in [0.717, 1.165) is 0 Å². The zero-order chi connectivity index (χ0) is 29.8. The molecule has 1 saturated heterocycles. The molecule has 0 spiro atoms. The number of carbonyl (C=O) groups is 4. The van der Waals surface area contributed by atoms with Crippen molar-refractivity contribution in [2.75, 3.05) is 6.61 Å². The van der Waals surface area contributed by atoms with Crippen LogP contribution in [0.3, 0.4) is 0 Å². The van der Waals surface area contributed by atoms with Crippen LogP contribution in [-0.2, 0) is 39.9 Å². The SMILES string of the molecule is CCCC(=O)O[C@@H]1[C@H](OC(=O)CCC)[C@@H](c2ccccc2COc2ccccc2C(=O)O)OC[C@H]1OC(=O)CCC. The molecule has 1 N–H and O–H groups in total. The fourth-order valence-corrected chi connectivity index (χ4v) is 4.54. The van der Waals surface area contributed by atoms with Crippen LogP contribution in [0, 0.1) is 0 Å². The number of hydrogen-bond donors (Lipinski definition) is 1. The summed E-state index contributed by atoms with van der Waals surface area (Å²) < 4.78 is 29.4. The highest BCUT2D eigenvalue weighted by atomic mass is 16.6. The van der Waals surface area contributed by atoms with E-state index < -0.39 is 48.3 Å². The van der Waals surface area contributed by atoms with Gasteiger partial charge in [-0.3, -0.25) is 14.4 Å². The van der Waals surface area contributed by atoms with Crippen molar-refractivity contribution >= 4 is 23.9 Å². The van der Waals surface area contributed by atoms with Gasteiger partial charge in [-0.05, 0) is 42.5 Å². The van der Waals surface area contributed by atoms with Crippen molar-refractivity contribution in [2.45, 2.75) is 90.3 Å². The number of hydrogen-bond acceptors (Lipinski definition) is 9. The molecule has 2 aromatic rings. The van der Waals surface area contributed by atoms with Gasteiger partial charge < -0.3 is 28.8 Å². The van der Waals surface area contributed by atoms with E-state index in [4.69, 9.17) is 23.7 Å². The first-order valence-electron chi connectivity index (χ1n) is 14.0. The summed E-state index contributed by atoms with van der Waals surface area (Å²) >= 11 is 0. The van der Waals surface area contributed by atoms with Crippen molar-refractivity contribution in [1.29, 1.82) is 0 Å². The lowest BCUT2D eigenvalue weighted by Gasteiger charge is -2.41. The Morgan fingerprint density at radius 3 is 1.98 bits per heavy atom. The normalized spacial score (nSPS) is 20.1. The Balaban J connectivity index is 1.97. The predicted octanol–water partition coefficient (Wildman–Crippen LogP) is 5.17. The average Bonchev–Trinajstić information content (AvgIpc) is 2.94. The summed E-state index contributed by atoms with van der Waals surface area (Å²) in [6.45, 7) is 5.42. The first kappa shape index (κ1) is 31.6. The number of rotatable bonds is 14. The lowest BCUT2D eigenvalue weighted by Crippen LogP contribution is -2.54. The van der Waals surface area contributed by atoms with E-state index in [-0.39, 0.29) is 43.8 Å². The summed E-state index contributed by atoms with van der Waals surface area (Å²) in [5.41, 5.74) is 1.27. The molecule has 222 valence electrons. The number of carboxylic acids is 1. The summed E-state index contributed by atoms with van der Waals surface area (Å²) in [4.78, 5) is 49.5. The largest absolute Gasteiger partial charge is 0.488 e. The van der Waals surface area contributed by atoms with Gasteiger partial charge in [0.2, 0.25) is 0 Å². The van der Waals surface area contributed by atoms with Crippen LogP contribution in [0.4, 0.5) is 0 Å². The number of para-hydroxylation sites is 1. The molecular formula is C31H38O10. The zero-order valence-electron chi connectivity index (χ0n) is 23.7. The van der Waals surface area contributed by atoms with Crippen LogP contribution in [0.25, 0.3) is 0 Å². The molecule has 1 fully saturated rings. The first-order chi connectivity index (χ1) is 19.8. The van der Waals surface area contributed by atoms with E-state index in [1.807, 2.05) is 20.8 Å². The van der Waals surface area contributed by atoms with E-state index in [0.29, 0.717) is 30.4 Å². The number of aromatic carboxylic acids is 1. The van der Waals surface area contributed by atoms with Crippen LogP contribution in [0.15, 0.2) is 48.5 Å². The Kier molecular flexibility index (Phi) is 12.1. The third kappa shape index (κ3) is 8.78. The van der Waals surface area contributed by atoms with Gasteiger partial charge in [0.1, 0.15) is 24.0 Å². The summed E-state index contributed by atoms with van der Waals surface area (Å²) in [6.07, 6.45) is -1.97. The lowest BCUT2D eigenvalue weighted by atomic mass is 9.91. The fraction of sp³-hybridized carbons (Fsp3) is 0.484. The topological polar surface area (TPSA) is 135 Å². The molecule has 0 unspecified atom stereocenters. The number of benzene rings is 2. The van der Waals surface area contributed by atoms with Gasteiger partial charge in [0.25, 0.3) is 0 Å². The first-order valence-corrected chi connectivity index (χ1v) is 14.0. The van der Waals surface area contributed by atoms with E-state index in [1.165, 1.54) is 6.07 Å². The highest BCUT2D eigenvalue weighted by Crippen LogP contribution is 2.37. The molecular weight excluding hydrogens is 532 g/mol. The van der Waals surface area contributed by atoms with Gasteiger partial charge >= 0.3 is 23.9 Å². The van der Waals surface area contributed by atoms with Gasteiger partial charge in [-0.25, -0.2) is 4.79 Å². The Labute approximate surface area is 239 Å². The molecule has 4 atom stereocenters. The van der Waals surface area contributed by atoms with Gasteiger partial charge in [0.15, 0.2) is 18.3 Å². The van der Waals surface area contributed by atoms with Crippen molar-refractivity contribution in [3.63, 3.8) is 0 Å². The van der Waals surface area contributed by atoms with Crippen molar-refractivity contribution < 1.29 is 48.0 Å². The Hall–Kier alpha value is -3.92. The standard InChI is InChI=1S/C31H38O10/c1-4-11-25(32)39-24-19-38-28(30(41-27(34)13-6-3)29(24)40-26(33)12-5-2)21-15-8-7-14-20(21)18-37-23-17-10-9-16-22(23)31(35)36/h7-10,14-17,24,28-30H,4-6,11-13,18-19H2,1-3H3,(H,35,36)/t24-,28-,29+,30-/m1/s1. The average molecular weight is 571 g/mol. The van der Waals surface area contributed by atoms with Crippen LogP contribution in [0.2, 0.25) is 0 Å². The van der Waals surface area contributed by atoms with Gasteiger partial charge in [-0.15, -0.1) is 0 Å². The van der Waals surface area contributed by atoms with Crippen molar-refractivity contribution in [3.05, 3.63) is 65.2 Å². The molecule has 0 aromatic heterocycles. The van der Waals surface area contributed by atoms with E-state index >= 15 is 0 Å². The Bertz CT molecular complexity index is 1190. The van der Waals surface area contributed by atoms with Gasteiger partial charge in [0.05, 0.1) is 6.61 Å². The second-order valence-electron chi connectivity index (χ2n) is 9.73. The van der Waals surface area contributed by atoms with Crippen LogP contribution < -0.4 is 4.74 Å². The quantitative estimate of drug-likeness (QED) is 0.239. The highest BCUT2D eigenvalue weighted by molar-refractivity contribution is 5.90. The summed E-state index contributed by atoms with van der Waals surface area (Å²) in [5, 5.41) is 9.52. The van der Waals surface area contributed by atoms with E-state index in [2.05, 4.69) is 0 Å². The molecule has 1 aliphatic heterocycles. The van der Waals surface area contributed by atoms with Gasteiger partial charge in [0, 0.05) is 19.3 Å². The molecule has 0 bridgehead atoms. The second-order valence-corrected chi connectivity index (χ2v) is 9.73. The van der Waals surface area contributed by atoms with Crippen molar-refractivity contribution in [1.82, 2.24) is 0 Å². The van der Waals surface area contributed by atoms with E-state index in [9.17, 15) is 24.3 Å². The van der Waals surface area contributed by atoms with Crippen LogP contribution in [0.5, 0.6) is 5.75 Å². The molecule has 41 heavy (non-hydrogen) atoms. The van der Waals surface area contributed by atoms with E-state index in [1.54, 1.807) is 42.5 Å². The second kappa shape index (κ2) is 15.8. The highest BCUT2D eigenvalue weighted by Gasteiger charge is 2.48. The number of ether oxygens (including phenoxy) is 5. The van der Waals surface area contributed by atoms with Crippen LogP contribution in [-0.4, -0.2) is 53.9 Å². The number of carbonyl (C=O) groups excluding carboxylic acids is 3. The summed E-state index contributed by atoms with van der Waals surface area (Å²) in [7, 11) is 0. The summed E-state index contributed by atoms with van der Waals surface area (Å²) in [5.74, 6) is -2.41. The molecule has 1 heterocycles. The van der Waals surface area contributed by atoms with Gasteiger partial charge in [-0.1, -0.05) is 57.2 Å². The maximum atomic E-state index is 12.8. The minimum absolute atomic E-state index is 0.00877. The molecule has 0 aliphatic carbocycles. The minimum Gasteiger partial charge on any atom is -0.488 e.